The average molecular weight is 435 g/mol. The van der Waals surface area contributed by atoms with Gasteiger partial charge in [0.1, 0.15) is 5.69 Å². The predicted molar refractivity (Wildman–Crippen MR) is 112 cm³/mol. The topological polar surface area (TPSA) is 74.2 Å². The van der Waals surface area contributed by atoms with Crippen LogP contribution < -0.4 is 10.2 Å². The standard InChI is InChI=1S/C18H16Cl2N6OS/c19-13-3-2-12(10-14(13)20)25-6-8-26(9-7-25)16(27)15-11-28-18(23-15)24-17-21-4-1-5-22-17/h1-5,10-11H,6-9H2,(H,21,22,23,24). The smallest absolute Gasteiger partial charge is 0.273 e. The van der Waals surface area contributed by atoms with Gasteiger partial charge in [0.2, 0.25) is 5.95 Å². The molecule has 144 valence electrons. The van der Waals surface area contributed by atoms with Gasteiger partial charge < -0.3 is 15.1 Å². The van der Waals surface area contributed by atoms with Gasteiger partial charge >= 0.3 is 0 Å². The number of benzene rings is 1. The number of nitrogens with zero attached hydrogens (tertiary/aromatic N) is 5. The molecule has 4 rings (SSSR count). The molecular weight excluding hydrogens is 419 g/mol. The van der Waals surface area contributed by atoms with Gasteiger partial charge in [0, 0.05) is 49.6 Å². The largest absolute Gasteiger partial charge is 0.368 e. The summed E-state index contributed by atoms with van der Waals surface area (Å²) in [5, 5.41) is 6.40. The minimum Gasteiger partial charge on any atom is -0.368 e. The van der Waals surface area contributed by atoms with Gasteiger partial charge in [-0.15, -0.1) is 11.3 Å². The highest BCUT2D eigenvalue weighted by atomic mass is 35.5. The third-order valence-corrected chi connectivity index (χ3v) is 5.84. The molecular formula is C18H16Cl2N6OS. The molecule has 3 heterocycles. The second-order valence-corrected chi connectivity index (χ2v) is 7.79. The van der Waals surface area contributed by atoms with Crippen LogP contribution in [0.3, 0.4) is 0 Å². The van der Waals surface area contributed by atoms with E-state index in [1.165, 1.54) is 11.3 Å². The van der Waals surface area contributed by atoms with Gasteiger partial charge in [0.15, 0.2) is 5.13 Å². The van der Waals surface area contributed by atoms with E-state index in [9.17, 15) is 4.79 Å². The number of hydrogen-bond donors (Lipinski definition) is 1. The van der Waals surface area contributed by atoms with Crippen molar-refractivity contribution in [1.29, 1.82) is 0 Å². The van der Waals surface area contributed by atoms with Crippen LogP contribution in [0.2, 0.25) is 10.0 Å². The van der Waals surface area contributed by atoms with Crippen molar-refractivity contribution in [3.05, 3.63) is 57.8 Å². The van der Waals surface area contributed by atoms with E-state index in [0.29, 0.717) is 39.9 Å². The molecule has 0 aliphatic carbocycles. The van der Waals surface area contributed by atoms with Gasteiger partial charge in [-0.25, -0.2) is 15.0 Å². The molecule has 7 nitrogen and oxygen atoms in total. The Hall–Kier alpha value is -2.42. The van der Waals surface area contributed by atoms with Gasteiger partial charge in [-0.1, -0.05) is 23.2 Å². The van der Waals surface area contributed by atoms with Gasteiger partial charge in [-0.05, 0) is 24.3 Å². The van der Waals surface area contributed by atoms with Crippen LogP contribution in [0.15, 0.2) is 42.0 Å². The molecule has 0 spiro atoms. The number of aromatic nitrogens is 3. The number of halogens is 2. The highest BCUT2D eigenvalue weighted by Crippen LogP contribution is 2.28. The van der Waals surface area contributed by atoms with Crippen LogP contribution in [0, 0.1) is 0 Å². The number of carbonyl (C=O) groups is 1. The summed E-state index contributed by atoms with van der Waals surface area (Å²) >= 11 is 13.4. The zero-order chi connectivity index (χ0) is 19.5. The summed E-state index contributed by atoms with van der Waals surface area (Å²) in [4.78, 5) is 29.3. The molecule has 1 saturated heterocycles. The van der Waals surface area contributed by atoms with Crippen molar-refractivity contribution in [2.75, 3.05) is 36.4 Å². The Labute approximate surface area is 176 Å². The van der Waals surface area contributed by atoms with Crippen molar-refractivity contribution >= 4 is 57.2 Å². The second kappa shape index (κ2) is 8.30. The lowest BCUT2D eigenvalue weighted by atomic mass is 10.2. The molecule has 28 heavy (non-hydrogen) atoms. The van der Waals surface area contributed by atoms with E-state index in [0.717, 1.165) is 18.8 Å². The van der Waals surface area contributed by atoms with E-state index in [-0.39, 0.29) is 5.91 Å². The van der Waals surface area contributed by atoms with Crippen LogP contribution in [-0.2, 0) is 0 Å². The van der Waals surface area contributed by atoms with Crippen molar-refractivity contribution in [2.24, 2.45) is 0 Å². The van der Waals surface area contributed by atoms with E-state index in [1.807, 2.05) is 17.0 Å². The van der Waals surface area contributed by atoms with Gasteiger partial charge in [-0.3, -0.25) is 4.79 Å². The van der Waals surface area contributed by atoms with Crippen LogP contribution in [0.5, 0.6) is 0 Å². The summed E-state index contributed by atoms with van der Waals surface area (Å²) in [7, 11) is 0. The summed E-state index contributed by atoms with van der Waals surface area (Å²) < 4.78 is 0. The third-order valence-electron chi connectivity index (χ3n) is 4.34. The Balaban J connectivity index is 1.37. The zero-order valence-electron chi connectivity index (χ0n) is 14.7. The predicted octanol–water partition coefficient (Wildman–Crippen LogP) is 3.95. The van der Waals surface area contributed by atoms with Crippen LogP contribution in [0.4, 0.5) is 16.8 Å². The van der Waals surface area contributed by atoms with E-state index < -0.39 is 0 Å². The molecule has 1 aliphatic heterocycles. The first-order chi connectivity index (χ1) is 13.6. The number of anilines is 3. The number of thiazole rings is 1. The maximum Gasteiger partial charge on any atom is 0.273 e. The molecule has 1 aliphatic rings. The summed E-state index contributed by atoms with van der Waals surface area (Å²) in [6.45, 7) is 2.66. The van der Waals surface area contributed by atoms with Crippen molar-refractivity contribution in [2.45, 2.75) is 0 Å². The molecule has 1 fully saturated rings. The number of piperazine rings is 1. The van der Waals surface area contributed by atoms with E-state index in [2.05, 4.69) is 25.2 Å². The molecule has 10 heteroatoms. The van der Waals surface area contributed by atoms with E-state index >= 15 is 0 Å². The number of amides is 1. The number of carbonyl (C=O) groups excluding carboxylic acids is 1. The molecule has 0 atom stereocenters. The van der Waals surface area contributed by atoms with Crippen molar-refractivity contribution in [1.82, 2.24) is 19.9 Å². The van der Waals surface area contributed by atoms with Crippen molar-refractivity contribution < 1.29 is 4.79 Å². The SMILES string of the molecule is O=C(c1csc(Nc2ncccn2)n1)N1CCN(c2ccc(Cl)c(Cl)c2)CC1. The van der Waals surface area contributed by atoms with Gasteiger partial charge in [0.05, 0.1) is 10.0 Å². The van der Waals surface area contributed by atoms with Crippen LogP contribution >= 0.6 is 34.5 Å². The first-order valence-corrected chi connectivity index (χ1v) is 10.2. The molecule has 1 aromatic carbocycles. The normalized spacial score (nSPS) is 14.2. The van der Waals surface area contributed by atoms with E-state index in [4.69, 9.17) is 23.2 Å². The Kier molecular flexibility index (Phi) is 5.61. The highest BCUT2D eigenvalue weighted by molar-refractivity contribution is 7.14. The molecule has 1 N–H and O–H groups in total. The number of rotatable bonds is 4. The Morgan fingerprint density at radius 2 is 1.82 bits per heavy atom. The molecule has 1 amide bonds. The summed E-state index contributed by atoms with van der Waals surface area (Å²) in [5.41, 5.74) is 1.43. The molecule has 2 aromatic heterocycles. The van der Waals surface area contributed by atoms with Gasteiger partial charge in [0.25, 0.3) is 5.91 Å². The first kappa shape index (κ1) is 18.9. The number of hydrogen-bond acceptors (Lipinski definition) is 7. The Morgan fingerprint density at radius 1 is 1.07 bits per heavy atom. The van der Waals surface area contributed by atoms with Crippen LogP contribution in [0.25, 0.3) is 0 Å². The Bertz CT molecular complexity index is 975. The molecule has 3 aromatic rings. The van der Waals surface area contributed by atoms with Crippen LogP contribution in [0.1, 0.15) is 10.5 Å². The number of nitrogens with one attached hydrogen (secondary N) is 1. The lowest BCUT2D eigenvalue weighted by Gasteiger charge is -2.36. The maximum absolute atomic E-state index is 12.8. The van der Waals surface area contributed by atoms with E-state index in [1.54, 1.807) is 29.9 Å². The lowest BCUT2D eigenvalue weighted by molar-refractivity contribution is 0.0742. The first-order valence-electron chi connectivity index (χ1n) is 8.59. The lowest BCUT2D eigenvalue weighted by Crippen LogP contribution is -2.48. The quantitative estimate of drug-likeness (QED) is 0.669. The molecule has 0 unspecified atom stereocenters. The fourth-order valence-electron chi connectivity index (χ4n) is 2.90. The fraction of sp³-hybridized carbons (Fsp3) is 0.222. The zero-order valence-corrected chi connectivity index (χ0v) is 17.0. The third kappa shape index (κ3) is 4.19. The summed E-state index contributed by atoms with van der Waals surface area (Å²) in [6, 6.07) is 7.32. The average Bonchev–Trinajstić information content (AvgIpc) is 3.19. The monoisotopic (exact) mass is 434 g/mol. The summed E-state index contributed by atoms with van der Waals surface area (Å²) in [6.07, 6.45) is 3.28. The maximum atomic E-state index is 12.8. The fourth-order valence-corrected chi connectivity index (χ4v) is 3.87. The van der Waals surface area contributed by atoms with Crippen LogP contribution in [-0.4, -0.2) is 51.9 Å². The van der Waals surface area contributed by atoms with Crippen molar-refractivity contribution in [3.63, 3.8) is 0 Å². The minimum absolute atomic E-state index is 0.0768. The highest BCUT2D eigenvalue weighted by Gasteiger charge is 2.24. The molecule has 0 saturated carbocycles. The van der Waals surface area contributed by atoms with Crippen molar-refractivity contribution in [3.8, 4) is 0 Å². The summed E-state index contributed by atoms with van der Waals surface area (Å²) in [5.74, 6) is 0.373. The van der Waals surface area contributed by atoms with Gasteiger partial charge in [-0.2, -0.15) is 0 Å². The minimum atomic E-state index is -0.0768. The second-order valence-electron chi connectivity index (χ2n) is 6.11. The molecule has 0 bridgehead atoms. The molecule has 0 radical (unpaired) electrons. The Morgan fingerprint density at radius 3 is 2.54 bits per heavy atom.